The van der Waals surface area contributed by atoms with Gasteiger partial charge in [-0.15, -0.1) is 0 Å². The Morgan fingerprint density at radius 3 is 2.43 bits per heavy atom. The van der Waals surface area contributed by atoms with Gasteiger partial charge >= 0.3 is 0 Å². The minimum atomic E-state index is 0.0616. The smallest absolute Gasteiger partial charge is 0.220 e. The summed E-state index contributed by atoms with van der Waals surface area (Å²) >= 11 is 0. The molecule has 0 heterocycles. The van der Waals surface area contributed by atoms with Gasteiger partial charge in [-0.05, 0) is 24.8 Å². The number of rotatable bonds is 7. The predicted molar refractivity (Wildman–Crippen MR) is 58.7 cm³/mol. The van der Waals surface area contributed by atoms with Crippen LogP contribution in [-0.2, 0) is 4.79 Å². The molecule has 0 aliphatic carbocycles. The van der Waals surface area contributed by atoms with Gasteiger partial charge in [0.25, 0.3) is 0 Å². The van der Waals surface area contributed by atoms with E-state index in [-0.39, 0.29) is 5.91 Å². The Labute approximate surface area is 86.4 Å². The van der Waals surface area contributed by atoms with Crippen molar-refractivity contribution in [1.82, 2.24) is 5.32 Å². The predicted octanol–water partition coefficient (Wildman–Crippen LogP) is 0.0724. The molecule has 0 radical (unpaired) electrons. The van der Waals surface area contributed by atoms with Crippen LogP contribution in [0.3, 0.4) is 0 Å². The van der Waals surface area contributed by atoms with Crippen LogP contribution < -0.4 is 16.8 Å². The molecule has 0 saturated heterocycles. The second kappa shape index (κ2) is 7.76. The van der Waals surface area contributed by atoms with Crippen LogP contribution >= 0.6 is 0 Å². The highest BCUT2D eigenvalue weighted by Crippen LogP contribution is 2.13. The molecule has 4 nitrogen and oxygen atoms in total. The average molecular weight is 201 g/mol. The lowest BCUT2D eigenvalue weighted by Crippen LogP contribution is -2.32. The summed E-state index contributed by atoms with van der Waals surface area (Å²) in [4.78, 5) is 11.3. The number of hydrogen-bond acceptors (Lipinski definition) is 3. The van der Waals surface area contributed by atoms with Crippen molar-refractivity contribution < 1.29 is 4.79 Å². The van der Waals surface area contributed by atoms with E-state index in [0.29, 0.717) is 37.9 Å². The minimum absolute atomic E-state index is 0.0616. The van der Waals surface area contributed by atoms with Crippen LogP contribution in [-0.4, -0.2) is 25.5 Å². The van der Waals surface area contributed by atoms with Gasteiger partial charge in [0.15, 0.2) is 0 Å². The summed E-state index contributed by atoms with van der Waals surface area (Å²) in [5, 5.41) is 2.75. The van der Waals surface area contributed by atoms with Crippen molar-refractivity contribution in [1.29, 1.82) is 0 Å². The van der Waals surface area contributed by atoms with E-state index in [1.807, 2.05) is 0 Å². The molecule has 0 spiro atoms. The van der Waals surface area contributed by atoms with E-state index >= 15 is 0 Å². The normalized spacial score (nSPS) is 12.9. The van der Waals surface area contributed by atoms with Crippen LogP contribution in [0.1, 0.15) is 26.7 Å². The van der Waals surface area contributed by atoms with Crippen molar-refractivity contribution in [3.05, 3.63) is 0 Å². The van der Waals surface area contributed by atoms with Gasteiger partial charge < -0.3 is 16.8 Å². The molecule has 84 valence electrons. The fraction of sp³-hybridized carbons (Fsp3) is 0.900. The van der Waals surface area contributed by atoms with Gasteiger partial charge in [0.05, 0.1) is 0 Å². The lowest BCUT2D eigenvalue weighted by molar-refractivity contribution is -0.122. The van der Waals surface area contributed by atoms with Gasteiger partial charge in [0, 0.05) is 19.5 Å². The molecule has 0 unspecified atom stereocenters. The van der Waals surface area contributed by atoms with Crippen LogP contribution in [0.4, 0.5) is 0 Å². The van der Waals surface area contributed by atoms with Gasteiger partial charge in [-0.25, -0.2) is 0 Å². The summed E-state index contributed by atoms with van der Waals surface area (Å²) in [6.45, 7) is 5.90. The number of hydrogen-bond donors (Lipinski definition) is 3. The van der Waals surface area contributed by atoms with Gasteiger partial charge in [-0.3, -0.25) is 4.79 Å². The average Bonchev–Trinajstić information content (AvgIpc) is 2.12. The first kappa shape index (κ1) is 13.4. The molecule has 1 atom stereocenters. The number of nitrogens with one attached hydrogen (secondary N) is 1. The Hall–Kier alpha value is -0.610. The van der Waals surface area contributed by atoms with Crippen molar-refractivity contribution in [2.75, 3.05) is 19.6 Å². The van der Waals surface area contributed by atoms with E-state index in [1.165, 1.54) is 0 Å². The quantitative estimate of drug-likeness (QED) is 0.545. The molecule has 14 heavy (non-hydrogen) atoms. The second-order valence-corrected chi connectivity index (χ2v) is 4.07. The van der Waals surface area contributed by atoms with Gasteiger partial charge in [-0.1, -0.05) is 13.8 Å². The summed E-state index contributed by atoms with van der Waals surface area (Å²) < 4.78 is 0. The zero-order chi connectivity index (χ0) is 11.0. The third-order valence-corrected chi connectivity index (χ3v) is 2.08. The molecular weight excluding hydrogens is 178 g/mol. The molecular formula is C10H23N3O. The second-order valence-electron chi connectivity index (χ2n) is 4.07. The van der Waals surface area contributed by atoms with Crippen LogP contribution in [0.5, 0.6) is 0 Å². The monoisotopic (exact) mass is 201 g/mol. The largest absolute Gasteiger partial charge is 0.355 e. The fourth-order valence-electron chi connectivity index (χ4n) is 1.48. The van der Waals surface area contributed by atoms with E-state index in [4.69, 9.17) is 11.5 Å². The first-order chi connectivity index (χ1) is 6.60. The highest BCUT2D eigenvalue weighted by Gasteiger charge is 2.13. The summed E-state index contributed by atoms with van der Waals surface area (Å²) in [5.41, 5.74) is 10.9. The maximum Gasteiger partial charge on any atom is 0.220 e. The number of carbonyl (C=O) groups excluding carboxylic acids is 1. The Kier molecular flexibility index (Phi) is 7.42. The van der Waals surface area contributed by atoms with Crippen molar-refractivity contribution in [2.45, 2.75) is 26.7 Å². The first-order valence-corrected chi connectivity index (χ1v) is 5.27. The van der Waals surface area contributed by atoms with Crippen LogP contribution in [0.15, 0.2) is 0 Å². The molecule has 0 aromatic heterocycles. The lowest BCUT2D eigenvalue weighted by Gasteiger charge is -2.16. The van der Waals surface area contributed by atoms with Crippen LogP contribution in [0.25, 0.3) is 0 Å². The topological polar surface area (TPSA) is 81.1 Å². The summed E-state index contributed by atoms with van der Waals surface area (Å²) in [5.74, 6) is 0.949. The third kappa shape index (κ3) is 6.86. The Morgan fingerprint density at radius 1 is 1.36 bits per heavy atom. The molecule has 0 fully saturated rings. The molecule has 0 rings (SSSR count). The standard InChI is InChI=1S/C10H23N3O/c1-8(2)5-9(7-12)6-10(14)13-4-3-11/h8-9H,3-7,11-12H2,1-2H3,(H,13,14)/t9-/m0/s1. The zero-order valence-corrected chi connectivity index (χ0v) is 9.25. The van der Waals surface area contributed by atoms with Gasteiger partial charge in [0.1, 0.15) is 0 Å². The van der Waals surface area contributed by atoms with Gasteiger partial charge in [-0.2, -0.15) is 0 Å². The summed E-state index contributed by atoms with van der Waals surface area (Å²) in [7, 11) is 0. The molecule has 0 bridgehead atoms. The Balaban J connectivity index is 3.74. The Morgan fingerprint density at radius 2 is 2.00 bits per heavy atom. The van der Waals surface area contributed by atoms with Gasteiger partial charge in [0.2, 0.25) is 5.91 Å². The fourth-order valence-corrected chi connectivity index (χ4v) is 1.48. The number of carbonyl (C=O) groups is 1. The van der Waals surface area contributed by atoms with Crippen LogP contribution in [0, 0.1) is 11.8 Å². The van der Waals surface area contributed by atoms with E-state index in [0.717, 1.165) is 6.42 Å². The van der Waals surface area contributed by atoms with E-state index in [1.54, 1.807) is 0 Å². The minimum Gasteiger partial charge on any atom is -0.355 e. The molecule has 1 amide bonds. The highest BCUT2D eigenvalue weighted by atomic mass is 16.1. The first-order valence-electron chi connectivity index (χ1n) is 5.27. The third-order valence-electron chi connectivity index (χ3n) is 2.08. The maximum absolute atomic E-state index is 11.3. The number of nitrogens with two attached hydrogens (primary N) is 2. The van der Waals surface area contributed by atoms with Crippen molar-refractivity contribution in [3.8, 4) is 0 Å². The molecule has 0 aliphatic rings. The number of amides is 1. The summed E-state index contributed by atoms with van der Waals surface area (Å²) in [6, 6.07) is 0. The zero-order valence-electron chi connectivity index (χ0n) is 9.25. The van der Waals surface area contributed by atoms with E-state index in [9.17, 15) is 4.79 Å². The molecule has 0 aliphatic heterocycles. The molecule has 0 aromatic carbocycles. The van der Waals surface area contributed by atoms with Crippen molar-refractivity contribution in [2.24, 2.45) is 23.3 Å². The maximum atomic E-state index is 11.3. The molecule has 4 heteroatoms. The Bertz CT molecular complexity index is 159. The van der Waals surface area contributed by atoms with E-state index < -0.39 is 0 Å². The summed E-state index contributed by atoms with van der Waals surface area (Å²) in [6.07, 6.45) is 1.53. The highest BCUT2D eigenvalue weighted by molar-refractivity contribution is 5.76. The molecule has 5 N–H and O–H groups in total. The van der Waals surface area contributed by atoms with Crippen molar-refractivity contribution in [3.63, 3.8) is 0 Å². The van der Waals surface area contributed by atoms with Crippen molar-refractivity contribution >= 4 is 5.91 Å². The lowest BCUT2D eigenvalue weighted by atomic mass is 9.94. The molecule has 0 aromatic rings. The SMILES string of the molecule is CC(C)C[C@H](CN)CC(=O)NCCN. The van der Waals surface area contributed by atoms with Crippen LogP contribution in [0.2, 0.25) is 0 Å². The molecule has 0 saturated carbocycles. The van der Waals surface area contributed by atoms with E-state index in [2.05, 4.69) is 19.2 Å².